The van der Waals surface area contributed by atoms with E-state index in [1.165, 1.54) is 0 Å². The molecule has 0 saturated carbocycles. The number of carbonyl (C=O) groups excluding carboxylic acids is 1. The normalized spacial score (nSPS) is 12.6. The molecular formula is C10H9BrClFO. The van der Waals surface area contributed by atoms with Crippen LogP contribution in [0.15, 0.2) is 18.2 Å². The number of hydrogen-bond acceptors (Lipinski definition) is 1. The van der Waals surface area contributed by atoms with E-state index in [4.69, 9.17) is 11.6 Å². The average molecular weight is 280 g/mol. The first-order chi connectivity index (χ1) is 6.57. The maximum absolute atomic E-state index is 12.6. The Hall–Kier alpha value is -0.410. The lowest BCUT2D eigenvalue weighted by Crippen LogP contribution is -2.13. The van der Waals surface area contributed by atoms with E-state index in [9.17, 15) is 9.18 Å². The number of halogens is 3. The van der Waals surface area contributed by atoms with E-state index in [0.29, 0.717) is 10.6 Å². The second kappa shape index (κ2) is 4.89. The Kier molecular flexibility index (Phi) is 4.08. The van der Waals surface area contributed by atoms with Crippen molar-refractivity contribution in [1.29, 1.82) is 0 Å². The molecule has 1 unspecified atom stereocenters. The fourth-order valence-electron chi connectivity index (χ4n) is 1.15. The van der Waals surface area contributed by atoms with Crippen molar-refractivity contribution in [3.8, 4) is 0 Å². The summed E-state index contributed by atoms with van der Waals surface area (Å²) in [5.41, 5.74) is 0.620. The van der Waals surface area contributed by atoms with Crippen molar-refractivity contribution >= 4 is 33.3 Å². The van der Waals surface area contributed by atoms with Crippen LogP contribution in [-0.2, 0) is 6.67 Å². The van der Waals surface area contributed by atoms with Gasteiger partial charge in [0, 0.05) is 5.56 Å². The van der Waals surface area contributed by atoms with Gasteiger partial charge in [0.2, 0.25) is 0 Å². The van der Waals surface area contributed by atoms with Gasteiger partial charge in [0.05, 0.1) is 9.85 Å². The molecule has 1 aromatic rings. The van der Waals surface area contributed by atoms with E-state index in [0.717, 1.165) is 0 Å². The van der Waals surface area contributed by atoms with E-state index in [1.807, 2.05) is 0 Å². The molecule has 0 aliphatic rings. The van der Waals surface area contributed by atoms with Crippen molar-refractivity contribution in [1.82, 2.24) is 0 Å². The summed E-state index contributed by atoms with van der Waals surface area (Å²) in [7, 11) is 0. The van der Waals surface area contributed by atoms with Crippen molar-refractivity contribution in [2.75, 3.05) is 0 Å². The molecule has 4 heteroatoms. The zero-order valence-electron chi connectivity index (χ0n) is 7.56. The molecule has 1 atom stereocenters. The van der Waals surface area contributed by atoms with Gasteiger partial charge in [0.1, 0.15) is 6.67 Å². The van der Waals surface area contributed by atoms with Crippen molar-refractivity contribution in [3.63, 3.8) is 0 Å². The second-order valence-corrected chi connectivity index (χ2v) is 4.67. The first kappa shape index (κ1) is 11.7. The van der Waals surface area contributed by atoms with Crippen LogP contribution in [-0.4, -0.2) is 10.6 Å². The molecule has 0 aromatic heterocycles. The summed E-state index contributed by atoms with van der Waals surface area (Å²) in [6.45, 7) is 1.01. The summed E-state index contributed by atoms with van der Waals surface area (Å²) in [4.78, 5) is 11.3. The summed E-state index contributed by atoms with van der Waals surface area (Å²) in [5.74, 6) is -0.191. The molecule has 0 N–H and O–H groups in total. The predicted molar refractivity (Wildman–Crippen MR) is 59.0 cm³/mol. The SMILES string of the molecule is CC(Br)C(=O)c1c(Cl)cccc1CF. The quantitative estimate of drug-likeness (QED) is 0.608. The summed E-state index contributed by atoms with van der Waals surface area (Å²) in [6.07, 6.45) is 0. The molecule has 0 radical (unpaired) electrons. The van der Waals surface area contributed by atoms with Crippen molar-refractivity contribution in [3.05, 3.63) is 34.3 Å². The summed E-state index contributed by atoms with van der Waals surface area (Å²) >= 11 is 8.98. The number of alkyl halides is 2. The topological polar surface area (TPSA) is 17.1 Å². The Morgan fingerprint density at radius 1 is 1.64 bits per heavy atom. The number of ketones is 1. The smallest absolute Gasteiger partial charge is 0.178 e. The third kappa shape index (κ3) is 2.34. The minimum atomic E-state index is -0.679. The molecule has 0 aliphatic heterocycles. The van der Waals surface area contributed by atoms with Gasteiger partial charge in [-0.25, -0.2) is 4.39 Å². The van der Waals surface area contributed by atoms with Gasteiger partial charge < -0.3 is 0 Å². The average Bonchev–Trinajstić information content (AvgIpc) is 2.16. The van der Waals surface area contributed by atoms with Crippen LogP contribution >= 0.6 is 27.5 Å². The van der Waals surface area contributed by atoms with Gasteiger partial charge in [-0.05, 0) is 18.6 Å². The highest BCUT2D eigenvalue weighted by molar-refractivity contribution is 9.10. The predicted octanol–water partition coefficient (Wildman–Crippen LogP) is 3.78. The molecule has 1 rings (SSSR count). The van der Waals surface area contributed by atoms with Gasteiger partial charge in [0.25, 0.3) is 0 Å². The van der Waals surface area contributed by atoms with Gasteiger partial charge >= 0.3 is 0 Å². The summed E-state index contributed by atoms with van der Waals surface area (Å²) < 4.78 is 12.6. The third-order valence-corrected chi connectivity index (χ3v) is 2.58. The highest BCUT2D eigenvalue weighted by atomic mass is 79.9. The Labute approximate surface area is 95.4 Å². The van der Waals surface area contributed by atoms with E-state index >= 15 is 0 Å². The van der Waals surface area contributed by atoms with Gasteiger partial charge in [-0.15, -0.1) is 0 Å². The van der Waals surface area contributed by atoms with Gasteiger partial charge in [-0.1, -0.05) is 39.7 Å². The number of carbonyl (C=O) groups is 1. The Bertz CT molecular complexity index is 352. The van der Waals surface area contributed by atoms with Crippen LogP contribution < -0.4 is 0 Å². The van der Waals surface area contributed by atoms with Crippen LogP contribution in [0.25, 0.3) is 0 Å². The van der Waals surface area contributed by atoms with Gasteiger partial charge in [-0.3, -0.25) is 4.79 Å². The molecule has 0 spiro atoms. The molecule has 0 fully saturated rings. The minimum Gasteiger partial charge on any atom is -0.293 e. The highest BCUT2D eigenvalue weighted by Crippen LogP contribution is 2.24. The number of rotatable bonds is 3. The molecule has 0 saturated heterocycles. The lowest BCUT2D eigenvalue weighted by Gasteiger charge is -2.08. The molecule has 1 aromatic carbocycles. The van der Waals surface area contributed by atoms with Crippen LogP contribution in [0.3, 0.4) is 0 Å². The Balaban J connectivity index is 3.23. The number of Topliss-reactive ketones (excluding diaryl/α,β-unsaturated/α-hetero) is 1. The van der Waals surface area contributed by atoms with Crippen LogP contribution in [0.4, 0.5) is 4.39 Å². The van der Waals surface area contributed by atoms with Crippen molar-refractivity contribution in [2.24, 2.45) is 0 Å². The maximum atomic E-state index is 12.6. The maximum Gasteiger partial charge on any atom is 0.178 e. The van der Waals surface area contributed by atoms with Crippen molar-refractivity contribution < 1.29 is 9.18 Å². The molecule has 0 bridgehead atoms. The number of hydrogen-bond donors (Lipinski definition) is 0. The fourth-order valence-corrected chi connectivity index (χ4v) is 1.67. The largest absolute Gasteiger partial charge is 0.293 e. The molecular weight excluding hydrogens is 270 g/mol. The summed E-state index contributed by atoms with van der Waals surface area (Å²) in [6, 6.07) is 4.78. The Morgan fingerprint density at radius 2 is 2.29 bits per heavy atom. The van der Waals surface area contributed by atoms with Crippen LogP contribution in [0.2, 0.25) is 5.02 Å². The van der Waals surface area contributed by atoms with Crippen LogP contribution in [0, 0.1) is 0 Å². The van der Waals surface area contributed by atoms with E-state index in [2.05, 4.69) is 15.9 Å². The zero-order valence-corrected chi connectivity index (χ0v) is 9.90. The number of benzene rings is 1. The van der Waals surface area contributed by atoms with E-state index < -0.39 is 6.67 Å². The van der Waals surface area contributed by atoms with E-state index in [-0.39, 0.29) is 16.2 Å². The summed E-state index contributed by atoms with van der Waals surface area (Å²) in [5, 5.41) is 0.302. The molecule has 1 nitrogen and oxygen atoms in total. The highest BCUT2D eigenvalue weighted by Gasteiger charge is 2.18. The standard InChI is InChI=1S/C10H9BrClFO/c1-6(11)10(14)9-7(5-13)3-2-4-8(9)12/h2-4,6H,5H2,1H3. The van der Waals surface area contributed by atoms with E-state index in [1.54, 1.807) is 25.1 Å². The lowest BCUT2D eigenvalue weighted by atomic mass is 10.0. The monoisotopic (exact) mass is 278 g/mol. The zero-order chi connectivity index (χ0) is 10.7. The second-order valence-electron chi connectivity index (χ2n) is 2.89. The Morgan fingerprint density at radius 3 is 2.79 bits per heavy atom. The van der Waals surface area contributed by atoms with Crippen molar-refractivity contribution in [2.45, 2.75) is 18.4 Å². The van der Waals surface area contributed by atoms with Crippen LogP contribution in [0.5, 0.6) is 0 Å². The molecule has 0 heterocycles. The lowest BCUT2D eigenvalue weighted by molar-refractivity contribution is 0.0994. The first-order valence-corrected chi connectivity index (χ1v) is 5.39. The van der Waals surface area contributed by atoms with Crippen LogP contribution in [0.1, 0.15) is 22.8 Å². The first-order valence-electron chi connectivity index (χ1n) is 4.09. The molecule has 76 valence electrons. The van der Waals surface area contributed by atoms with Gasteiger partial charge in [-0.2, -0.15) is 0 Å². The third-order valence-electron chi connectivity index (χ3n) is 1.85. The van der Waals surface area contributed by atoms with Gasteiger partial charge in [0.15, 0.2) is 5.78 Å². The molecule has 0 amide bonds. The fraction of sp³-hybridized carbons (Fsp3) is 0.300. The minimum absolute atomic E-state index is 0.191. The molecule has 14 heavy (non-hydrogen) atoms. The molecule has 0 aliphatic carbocycles.